The van der Waals surface area contributed by atoms with Gasteiger partial charge in [0.2, 0.25) is 0 Å². The van der Waals surface area contributed by atoms with E-state index in [0.29, 0.717) is 25.7 Å². The Morgan fingerprint density at radius 2 is 1.71 bits per heavy atom. The Hall–Kier alpha value is -1.11. The van der Waals surface area contributed by atoms with Gasteiger partial charge in [-0.15, -0.1) is 5.92 Å². The van der Waals surface area contributed by atoms with Gasteiger partial charge in [0.15, 0.2) is 0 Å². The molecule has 0 saturated carbocycles. The number of ether oxygens (including phenoxy) is 1. The van der Waals surface area contributed by atoms with Crippen LogP contribution in [0, 0.1) is 11.8 Å². The lowest BCUT2D eigenvalue weighted by atomic mass is 10.0. The minimum Gasteiger partial charge on any atom is -0.469 e. The molecule has 2 nitrogen and oxygen atoms in total. The molecule has 0 unspecified atom stereocenters. The first-order valence-electron chi connectivity index (χ1n) is 7.92. The monoisotopic (exact) mass is 302 g/mol. The summed E-state index contributed by atoms with van der Waals surface area (Å²) in [6.07, 6.45) is 6.85. The van der Waals surface area contributed by atoms with Gasteiger partial charge in [0, 0.05) is 19.3 Å². The molecular weight excluding hydrogens is 274 g/mol. The highest BCUT2D eigenvalue weighted by Crippen LogP contribution is 2.25. The number of methoxy groups -OCH3 is 1. The fourth-order valence-electron chi connectivity index (χ4n) is 1.96. The van der Waals surface area contributed by atoms with E-state index in [4.69, 9.17) is 0 Å². The molecule has 0 atom stereocenters. The number of halogens is 2. The third-order valence-corrected chi connectivity index (χ3v) is 3.28. The Balaban J connectivity index is 3.65. The molecule has 0 N–H and O–H groups in total. The van der Waals surface area contributed by atoms with Crippen molar-refractivity contribution in [2.75, 3.05) is 7.11 Å². The number of carbonyl (C=O) groups is 1. The highest BCUT2D eigenvalue weighted by atomic mass is 19.3. The molecule has 0 aliphatic rings. The van der Waals surface area contributed by atoms with Crippen molar-refractivity contribution in [1.29, 1.82) is 0 Å². The molecule has 0 amide bonds. The third-order valence-electron chi connectivity index (χ3n) is 3.28. The van der Waals surface area contributed by atoms with E-state index in [2.05, 4.69) is 23.5 Å². The average Bonchev–Trinajstić information content (AvgIpc) is 2.46. The molecule has 0 aliphatic carbocycles. The highest BCUT2D eigenvalue weighted by Gasteiger charge is 2.26. The SMILES string of the molecule is CCCCCCCCC(F)(F)CC#CCCCC(=O)OC. The summed E-state index contributed by atoms with van der Waals surface area (Å²) in [5, 5.41) is 0. The second-order valence-electron chi connectivity index (χ2n) is 5.33. The molecule has 0 rings (SSSR count). The summed E-state index contributed by atoms with van der Waals surface area (Å²) in [5.41, 5.74) is 0. The van der Waals surface area contributed by atoms with Crippen LogP contribution in [-0.4, -0.2) is 19.0 Å². The van der Waals surface area contributed by atoms with Crippen LogP contribution in [0.4, 0.5) is 8.78 Å². The van der Waals surface area contributed by atoms with Crippen LogP contribution >= 0.6 is 0 Å². The number of carbonyl (C=O) groups excluding carboxylic acids is 1. The first-order valence-corrected chi connectivity index (χ1v) is 7.92. The second-order valence-corrected chi connectivity index (χ2v) is 5.33. The van der Waals surface area contributed by atoms with E-state index in [0.717, 1.165) is 19.3 Å². The summed E-state index contributed by atoms with van der Waals surface area (Å²) in [6, 6.07) is 0. The largest absolute Gasteiger partial charge is 0.469 e. The molecule has 0 saturated heterocycles. The van der Waals surface area contributed by atoms with E-state index < -0.39 is 5.92 Å². The van der Waals surface area contributed by atoms with Crippen LogP contribution in [0.15, 0.2) is 0 Å². The molecule has 122 valence electrons. The second kappa shape index (κ2) is 12.6. The van der Waals surface area contributed by atoms with Crippen molar-refractivity contribution in [1.82, 2.24) is 0 Å². The van der Waals surface area contributed by atoms with Crippen LogP contribution in [0.5, 0.6) is 0 Å². The van der Waals surface area contributed by atoms with E-state index in [1.54, 1.807) is 0 Å². The fourth-order valence-corrected chi connectivity index (χ4v) is 1.96. The molecule has 0 aromatic carbocycles. The van der Waals surface area contributed by atoms with Crippen molar-refractivity contribution in [2.45, 2.75) is 83.5 Å². The number of hydrogen-bond acceptors (Lipinski definition) is 2. The van der Waals surface area contributed by atoms with Crippen LogP contribution in [0.2, 0.25) is 0 Å². The molecule has 0 spiro atoms. The molecule has 0 aromatic rings. The van der Waals surface area contributed by atoms with Gasteiger partial charge in [0.25, 0.3) is 5.92 Å². The number of alkyl halides is 2. The quantitative estimate of drug-likeness (QED) is 0.301. The number of rotatable bonds is 11. The number of esters is 1. The van der Waals surface area contributed by atoms with E-state index in [1.165, 1.54) is 20.0 Å². The maximum Gasteiger partial charge on any atom is 0.305 e. The minimum atomic E-state index is -2.68. The fraction of sp³-hybridized carbons (Fsp3) is 0.824. The van der Waals surface area contributed by atoms with Crippen molar-refractivity contribution < 1.29 is 18.3 Å². The normalized spacial score (nSPS) is 10.9. The van der Waals surface area contributed by atoms with Crippen LogP contribution in [0.3, 0.4) is 0 Å². The first-order chi connectivity index (χ1) is 10.0. The molecule has 4 heteroatoms. The summed E-state index contributed by atoms with van der Waals surface area (Å²) in [4.78, 5) is 10.8. The van der Waals surface area contributed by atoms with Gasteiger partial charge in [-0.05, 0) is 12.8 Å². The maximum atomic E-state index is 13.5. The average molecular weight is 302 g/mol. The predicted octanol–water partition coefficient (Wildman–Crippen LogP) is 5.11. The Morgan fingerprint density at radius 3 is 2.38 bits per heavy atom. The van der Waals surface area contributed by atoms with Gasteiger partial charge in [0.1, 0.15) is 0 Å². The lowest BCUT2D eigenvalue weighted by molar-refractivity contribution is -0.140. The number of unbranched alkanes of at least 4 members (excludes halogenated alkanes) is 6. The van der Waals surface area contributed by atoms with Crippen molar-refractivity contribution in [3.05, 3.63) is 0 Å². The van der Waals surface area contributed by atoms with E-state index >= 15 is 0 Å². The summed E-state index contributed by atoms with van der Waals surface area (Å²) in [7, 11) is 1.33. The van der Waals surface area contributed by atoms with E-state index in [9.17, 15) is 13.6 Å². The zero-order valence-corrected chi connectivity index (χ0v) is 13.4. The molecule has 21 heavy (non-hydrogen) atoms. The molecule has 0 heterocycles. The topological polar surface area (TPSA) is 26.3 Å². The summed E-state index contributed by atoms with van der Waals surface area (Å²) < 4.78 is 31.5. The highest BCUT2D eigenvalue weighted by molar-refractivity contribution is 5.69. The van der Waals surface area contributed by atoms with Crippen LogP contribution in [-0.2, 0) is 9.53 Å². The van der Waals surface area contributed by atoms with Crippen LogP contribution in [0.25, 0.3) is 0 Å². The molecular formula is C17H28F2O2. The molecule has 0 bridgehead atoms. The molecule has 0 fully saturated rings. The summed E-state index contributed by atoms with van der Waals surface area (Å²) in [6.45, 7) is 2.14. The van der Waals surface area contributed by atoms with Gasteiger partial charge < -0.3 is 4.74 Å². The van der Waals surface area contributed by atoms with E-state index in [1.807, 2.05) is 0 Å². The van der Waals surface area contributed by atoms with Gasteiger partial charge in [-0.25, -0.2) is 8.78 Å². The van der Waals surface area contributed by atoms with Gasteiger partial charge in [-0.1, -0.05) is 44.9 Å². The lowest BCUT2D eigenvalue weighted by Crippen LogP contribution is -2.14. The van der Waals surface area contributed by atoms with Crippen molar-refractivity contribution in [3.8, 4) is 11.8 Å². The Kier molecular flexibility index (Phi) is 12.0. The first kappa shape index (κ1) is 19.9. The van der Waals surface area contributed by atoms with Crippen molar-refractivity contribution in [2.24, 2.45) is 0 Å². The predicted molar refractivity (Wildman–Crippen MR) is 81.2 cm³/mol. The van der Waals surface area contributed by atoms with E-state index in [-0.39, 0.29) is 18.8 Å². The van der Waals surface area contributed by atoms with Gasteiger partial charge in [-0.2, -0.15) is 0 Å². The smallest absolute Gasteiger partial charge is 0.305 e. The van der Waals surface area contributed by atoms with Gasteiger partial charge in [-0.3, -0.25) is 4.79 Å². The Morgan fingerprint density at radius 1 is 1.05 bits per heavy atom. The van der Waals surface area contributed by atoms with Gasteiger partial charge in [0.05, 0.1) is 13.5 Å². The Labute approximate surface area is 127 Å². The summed E-state index contributed by atoms with van der Waals surface area (Å²) >= 11 is 0. The molecule has 0 aromatic heterocycles. The molecule has 0 aliphatic heterocycles. The van der Waals surface area contributed by atoms with Crippen molar-refractivity contribution >= 4 is 5.97 Å². The Bertz CT molecular complexity index is 329. The zero-order valence-electron chi connectivity index (χ0n) is 13.4. The molecule has 0 radical (unpaired) electrons. The maximum absolute atomic E-state index is 13.5. The minimum absolute atomic E-state index is 0.0734. The van der Waals surface area contributed by atoms with Gasteiger partial charge >= 0.3 is 5.97 Å². The zero-order chi connectivity index (χ0) is 16.0. The number of hydrogen-bond donors (Lipinski definition) is 0. The van der Waals surface area contributed by atoms with Crippen LogP contribution < -0.4 is 0 Å². The van der Waals surface area contributed by atoms with Crippen molar-refractivity contribution in [3.63, 3.8) is 0 Å². The summed E-state index contributed by atoms with van der Waals surface area (Å²) in [5.74, 6) is 2.26. The van der Waals surface area contributed by atoms with Crippen LogP contribution in [0.1, 0.15) is 77.6 Å². The standard InChI is InChI=1S/C17H28F2O2/c1-3-4-5-6-8-11-14-17(18,19)15-12-9-7-10-13-16(20)21-2/h3-8,10-11,13-15H2,1-2H3. The third kappa shape index (κ3) is 13.6. The lowest BCUT2D eigenvalue weighted by Gasteiger charge is -2.12.